The zero-order chi connectivity index (χ0) is 15.3. The van der Waals surface area contributed by atoms with Crippen molar-refractivity contribution in [3.05, 3.63) is 29.3 Å². The van der Waals surface area contributed by atoms with E-state index in [1.165, 1.54) is 30.4 Å². The molecule has 1 aliphatic rings. The molecule has 1 aromatic rings. The molecular weight excluding hydrogens is 264 g/mol. The first-order valence-electron chi connectivity index (χ1n) is 7.82. The van der Waals surface area contributed by atoms with Crippen LogP contribution in [0.3, 0.4) is 0 Å². The summed E-state index contributed by atoms with van der Waals surface area (Å²) in [6, 6.07) is 6.42. The second-order valence-corrected chi connectivity index (χ2v) is 6.22. The van der Waals surface area contributed by atoms with Crippen molar-refractivity contribution >= 4 is 5.91 Å². The van der Waals surface area contributed by atoms with Crippen molar-refractivity contribution in [3.8, 4) is 5.75 Å². The molecule has 4 N–H and O–H groups in total. The highest BCUT2D eigenvalue weighted by Crippen LogP contribution is 2.25. The summed E-state index contributed by atoms with van der Waals surface area (Å²) in [6.07, 6.45) is 7.23. The molecule has 116 valence electrons. The van der Waals surface area contributed by atoms with E-state index >= 15 is 0 Å². The third kappa shape index (κ3) is 4.46. The smallest absolute Gasteiger partial charge is 0.237 e. The number of carbonyl (C=O) groups excluding carboxylic acids is 1. The summed E-state index contributed by atoms with van der Waals surface area (Å²) in [7, 11) is 0. The van der Waals surface area contributed by atoms with Gasteiger partial charge in [-0.3, -0.25) is 4.79 Å². The molecule has 1 aromatic carbocycles. The summed E-state index contributed by atoms with van der Waals surface area (Å²) in [5, 5.41) is 0. The number of hydrogen-bond donors (Lipinski definition) is 2. The molecule has 21 heavy (non-hydrogen) atoms. The molecule has 0 spiro atoms. The third-order valence-corrected chi connectivity index (χ3v) is 4.24. The van der Waals surface area contributed by atoms with Crippen molar-refractivity contribution in [3.63, 3.8) is 0 Å². The minimum absolute atomic E-state index is 0.446. The quantitative estimate of drug-likeness (QED) is 0.756. The Balaban J connectivity index is 1.73. The van der Waals surface area contributed by atoms with Gasteiger partial charge in [0.05, 0.1) is 12.1 Å². The molecule has 0 heterocycles. The summed E-state index contributed by atoms with van der Waals surface area (Å²) in [5.41, 5.74) is 13.0. The number of benzene rings is 1. The molecule has 0 bridgehead atoms. The van der Waals surface area contributed by atoms with E-state index in [9.17, 15) is 4.79 Å². The van der Waals surface area contributed by atoms with Crippen molar-refractivity contribution in [2.75, 3.05) is 6.61 Å². The van der Waals surface area contributed by atoms with Gasteiger partial charge < -0.3 is 16.2 Å². The second kappa shape index (κ2) is 6.94. The fraction of sp³-hybridized carbons (Fsp3) is 0.588. The first-order valence-corrected chi connectivity index (χ1v) is 7.82. The molecule has 0 radical (unpaired) electrons. The monoisotopic (exact) mass is 290 g/mol. The van der Waals surface area contributed by atoms with E-state index < -0.39 is 11.4 Å². The number of fused-ring (bicyclic) bond motifs is 1. The maximum absolute atomic E-state index is 11.1. The Kier molecular flexibility index (Phi) is 5.23. The molecule has 4 nitrogen and oxygen atoms in total. The van der Waals surface area contributed by atoms with Crippen LogP contribution in [0.2, 0.25) is 0 Å². The lowest BCUT2D eigenvalue weighted by Gasteiger charge is -2.20. The molecule has 1 atom stereocenters. The SMILES string of the molecule is CC(N)(CCCCOc1ccc2c(c1)CCCC2)C(N)=O. The molecule has 2 rings (SSSR count). The van der Waals surface area contributed by atoms with E-state index in [2.05, 4.69) is 18.2 Å². The Labute approximate surface area is 126 Å². The highest BCUT2D eigenvalue weighted by molar-refractivity contribution is 5.83. The molecular formula is C17H26N2O2. The lowest BCUT2D eigenvalue weighted by atomic mass is 9.92. The minimum Gasteiger partial charge on any atom is -0.494 e. The number of carbonyl (C=O) groups is 1. The molecule has 0 saturated heterocycles. The average molecular weight is 290 g/mol. The van der Waals surface area contributed by atoms with Gasteiger partial charge in [-0.1, -0.05) is 6.07 Å². The van der Waals surface area contributed by atoms with E-state index in [-0.39, 0.29) is 0 Å². The van der Waals surface area contributed by atoms with Gasteiger partial charge in [0.25, 0.3) is 0 Å². The molecule has 1 unspecified atom stereocenters. The second-order valence-electron chi connectivity index (χ2n) is 6.22. The minimum atomic E-state index is -0.911. The zero-order valence-electron chi connectivity index (χ0n) is 12.9. The van der Waals surface area contributed by atoms with Gasteiger partial charge in [0.1, 0.15) is 5.75 Å². The molecule has 0 aliphatic heterocycles. The number of rotatable bonds is 7. The van der Waals surface area contributed by atoms with E-state index in [1.54, 1.807) is 6.92 Å². The van der Waals surface area contributed by atoms with Crippen LogP contribution in [-0.2, 0) is 17.6 Å². The van der Waals surface area contributed by atoms with E-state index in [1.807, 2.05) is 0 Å². The van der Waals surface area contributed by atoms with Crippen molar-refractivity contribution in [1.29, 1.82) is 0 Å². The van der Waals surface area contributed by atoms with Gasteiger partial charge in [-0.05, 0) is 75.1 Å². The maximum atomic E-state index is 11.1. The van der Waals surface area contributed by atoms with Gasteiger partial charge in [0.15, 0.2) is 0 Å². The lowest BCUT2D eigenvalue weighted by molar-refractivity contribution is -0.122. The summed E-state index contributed by atoms with van der Waals surface area (Å²) in [5.74, 6) is 0.499. The number of ether oxygens (including phenoxy) is 1. The number of hydrogen-bond acceptors (Lipinski definition) is 3. The Morgan fingerprint density at radius 1 is 1.24 bits per heavy atom. The zero-order valence-corrected chi connectivity index (χ0v) is 12.9. The Morgan fingerprint density at radius 2 is 1.95 bits per heavy atom. The van der Waals surface area contributed by atoms with Crippen LogP contribution in [0, 0.1) is 0 Å². The van der Waals surface area contributed by atoms with Gasteiger partial charge in [0, 0.05) is 0 Å². The normalized spacial score (nSPS) is 16.9. The predicted molar refractivity (Wildman–Crippen MR) is 84.2 cm³/mol. The number of unbranched alkanes of at least 4 members (excludes halogenated alkanes) is 1. The number of primary amides is 1. The fourth-order valence-electron chi connectivity index (χ4n) is 2.71. The molecule has 0 aromatic heterocycles. The highest BCUT2D eigenvalue weighted by Gasteiger charge is 2.24. The van der Waals surface area contributed by atoms with Crippen molar-refractivity contribution < 1.29 is 9.53 Å². The number of aryl methyl sites for hydroxylation is 2. The van der Waals surface area contributed by atoms with Crippen LogP contribution in [0.4, 0.5) is 0 Å². The van der Waals surface area contributed by atoms with Gasteiger partial charge in [-0.15, -0.1) is 0 Å². The van der Waals surface area contributed by atoms with Crippen LogP contribution < -0.4 is 16.2 Å². The molecule has 1 aliphatic carbocycles. The van der Waals surface area contributed by atoms with Crippen LogP contribution in [0.1, 0.15) is 50.2 Å². The first kappa shape index (κ1) is 15.8. The largest absolute Gasteiger partial charge is 0.494 e. The number of amides is 1. The predicted octanol–water partition coefficient (Wildman–Crippen LogP) is 2.32. The summed E-state index contributed by atoms with van der Waals surface area (Å²) in [6.45, 7) is 2.33. The van der Waals surface area contributed by atoms with Crippen LogP contribution in [-0.4, -0.2) is 18.1 Å². The van der Waals surface area contributed by atoms with Gasteiger partial charge in [-0.25, -0.2) is 0 Å². The van der Waals surface area contributed by atoms with Crippen LogP contribution >= 0.6 is 0 Å². The van der Waals surface area contributed by atoms with Gasteiger partial charge >= 0.3 is 0 Å². The van der Waals surface area contributed by atoms with Crippen LogP contribution in [0.15, 0.2) is 18.2 Å². The lowest BCUT2D eigenvalue weighted by Crippen LogP contribution is -2.49. The third-order valence-electron chi connectivity index (χ3n) is 4.24. The van der Waals surface area contributed by atoms with E-state index in [4.69, 9.17) is 16.2 Å². The molecule has 1 amide bonds. The standard InChI is InChI=1S/C17H26N2O2/c1-17(19,16(18)20)10-4-5-11-21-15-9-8-13-6-2-3-7-14(13)12-15/h8-9,12H,2-7,10-11,19H2,1H3,(H2,18,20). The molecule has 0 saturated carbocycles. The van der Waals surface area contributed by atoms with E-state index in [0.29, 0.717) is 13.0 Å². The van der Waals surface area contributed by atoms with Crippen molar-refractivity contribution in [2.24, 2.45) is 11.5 Å². The van der Waals surface area contributed by atoms with Crippen molar-refractivity contribution in [2.45, 2.75) is 57.4 Å². The van der Waals surface area contributed by atoms with Crippen LogP contribution in [0.5, 0.6) is 5.75 Å². The Morgan fingerprint density at radius 3 is 2.67 bits per heavy atom. The van der Waals surface area contributed by atoms with Gasteiger partial charge in [0.2, 0.25) is 5.91 Å². The summed E-state index contributed by atoms with van der Waals surface area (Å²) >= 11 is 0. The average Bonchev–Trinajstić information content (AvgIpc) is 2.46. The van der Waals surface area contributed by atoms with Gasteiger partial charge in [-0.2, -0.15) is 0 Å². The highest BCUT2D eigenvalue weighted by atomic mass is 16.5. The fourth-order valence-corrected chi connectivity index (χ4v) is 2.71. The maximum Gasteiger partial charge on any atom is 0.237 e. The first-order chi connectivity index (χ1) is 9.99. The summed E-state index contributed by atoms with van der Waals surface area (Å²) < 4.78 is 5.79. The Hall–Kier alpha value is -1.55. The van der Waals surface area contributed by atoms with Crippen LogP contribution in [0.25, 0.3) is 0 Å². The van der Waals surface area contributed by atoms with E-state index in [0.717, 1.165) is 25.0 Å². The molecule has 0 fully saturated rings. The molecule has 4 heteroatoms. The summed E-state index contributed by atoms with van der Waals surface area (Å²) in [4.78, 5) is 11.1. The number of nitrogens with two attached hydrogens (primary N) is 2. The topological polar surface area (TPSA) is 78.3 Å². The Bertz CT molecular complexity index is 498. The van der Waals surface area contributed by atoms with Crippen molar-refractivity contribution in [1.82, 2.24) is 0 Å².